The first-order valence-electron chi connectivity index (χ1n) is 6.56. The Bertz CT molecular complexity index is 534. The molecule has 0 atom stereocenters. The molecule has 0 unspecified atom stereocenters. The van der Waals surface area contributed by atoms with Gasteiger partial charge in [-0.25, -0.2) is 0 Å². The molecule has 0 aliphatic heterocycles. The average molecular weight is 278 g/mol. The minimum absolute atomic E-state index is 0.657. The van der Waals surface area contributed by atoms with Gasteiger partial charge in [0.2, 0.25) is 5.89 Å². The number of nitrogens with zero attached hydrogens (tertiary/aromatic N) is 2. The standard InChI is InChI=1S/C14H16ClN3O/c15-12-5-3-10(4-6-12)7-13-17-14(19-18-13)9-16-8-11-1-2-11/h3-6,11,16H,1-2,7-9H2. The van der Waals surface area contributed by atoms with Crippen molar-refractivity contribution in [2.24, 2.45) is 5.92 Å². The van der Waals surface area contributed by atoms with E-state index >= 15 is 0 Å². The van der Waals surface area contributed by atoms with Gasteiger partial charge in [-0.15, -0.1) is 0 Å². The van der Waals surface area contributed by atoms with Crippen LogP contribution in [0, 0.1) is 5.92 Å². The maximum Gasteiger partial charge on any atom is 0.240 e. The molecule has 1 heterocycles. The predicted octanol–water partition coefficient (Wildman–Crippen LogP) is 2.81. The van der Waals surface area contributed by atoms with Crippen molar-refractivity contribution in [2.75, 3.05) is 6.54 Å². The SMILES string of the molecule is Clc1ccc(Cc2noc(CNCC3CC3)n2)cc1. The van der Waals surface area contributed by atoms with Gasteiger partial charge in [0.15, 0.2) is 5.82 Å². The van der Waals surface area contributed by atoms with Gasteiger partial charge in [-0.3, -0.25) is 0 Å². The van der Waals surface area contributed by atoms with Crippen LogP contribution in [0.5, 0.6) is 0 Å². The lowest BCUT2D eigenvalue weighted by molar-refractivity contribution is 0.362. The van der Waals surface area contributed by atoms with Crippen LogP contribution < -0.4 is 5.32 Å². The van der Waals surface area contributed by atoms with E-state index in [9.17, 15) is 0 Å². The zero-order chi connectivity index (χ0) is 13.1. The highest BCUT2D eigenvalue weighted by molar-refractivity contribution is 6.30. The molecule has 3 rings (SSSR count). The third-order valence-electron chi connectivity index (χ3n) is 3.19. The van der Waals surface area contributed by atoms with E-state index in [1.165, 1.54) is 12.8 Å². The summed E-state index contributed by atoms with van der Waals surface area (Å²) in [5.74, 6) is 2.23. The predicted molar refractivity (Wildman–Crippen MR) is 73.0 cm³/mol. The molecule has 5 heteroatoms. The summed E-state index contributed by atoms with van der Waals surface area (Å²) in [6.07, 6.45) is 3.36. The van der Waals surface area contributed by atoms with Gasteiger partial charge in [-0.1, -0.05) is 28.9 Å². The second-order valence-electron chi connectivity index (χ2n) is 4.98. The Morgan fingerprint density at radius 1 is 1.26 bits per heavy atom. The first-order chi connectivity index (χ1) is 9.29. The summed E-state index contributed by atoms with van der Waals surface area (Å²) < 4.78 is 5.21. The molecular weight excluding hydrogens is 262 g/mol. The molecule has 1 aliphatic carbocycles. The molecule has 1 aromatic heterocycles. The number of hydrogen-bond donors (Lipinski definition) is 1. The van der Waals surface area contributed by atoms with Gasteiger partial charge in [0.25, 0.3) is 0 Å². The smallest absolute Gasteiger partial charge is 0.240 e. The second kappa shape index (κ2) is 5.72. The van der Waals surface area contributed by atoms with Crippen molar-refractivity contribution in [1.82, 2.24) is 15.5 Å². The molecule has 1 saturated carbocycles. The maximum atomic E-state index is 5.85. The number of benzene rings is 1. The molecule has 4 nitrogen and oxygen atoms in total. The quantitative estimate of drug-likeness (QED) is 0.882. The van der Waals surface area contributed by atoms with Gasteiger partial charge < -0.3 is 9.84 Å². The Morgan fingerprint density at radius 3 is 2.79 bits per heavy atom. The van der Waals surface area contributed by atoms with E-state index in [4.69, 9.17) is 16.1 Å². The van der Waals surface area contributed by atoms with Crippen molar-refractivity contribution < 1.29 is 4.52 Å². The van der Waals surface area contributed by atoms with Crippen molar-refractivity contribution in [3.05, 3.63) is 46.6 Å². The third-order valence-corrected chi connectivity index (χ3v) is 3.44. The third kappa shape index (κ3) is 3.78. The van der Waals surface area contributed by atoms with Crippen LogP contribution in [-0.2, 0) is 13.0 Å². The minimum atomic E-state index is 0.657. The lowest BCUT2D eigenvalue weighted by Gasteiger charge is -1.97. The summed E-state index contributed by atoms with van der Waals surface area (Å²) in [5, 5.41) is 8.06. The number of nitrogens with one attached hydrogen (secondary N) is 1. The highest BCUT2D eigenvalue weighted by Crippen LogP contribution is 2.27. The number of aromatic nitrogens is 2. The highest BCUT2D eigenvalue weighted by Gasteiger charge is 2.20. The number of halogens is 1. The van der Waals surface area contributed by atoms with Crippen LogP contribution in [0.15, 0.2) is 28.8 Å². The van der Waals surface area contributed by atoms with E-state index in [-0.39, 0.29) is 0 Å². The van der Waals surface area contributed by atoms with E-state index in [1.807, 2.05) is 24.3 Å². The molecule has 1 aliphatic rings. The Morgan fingerprint density at radius 2 is 2.05 bits per heavy atom. The van der Waals surface area contributed by atoms with E-state index in [1.54, 1.807) is 0 Å². The van der Waals surface area contributed by atoms with Crippen molar-refractivity contribution in [2.45, 2.75) is 25.8 Å². The van der Waals surface area contributed by atoms with Crippen LogP contribution in [0.2, 0.25) is 5.02 Å². The van der Waals surface area contributed by atoms with Crippen LogP contribution in [0.3, 0.4) is 0 Å². The van der Waals surface area contributed by atoms with Gasteiger partial charge in [0, 0.05) is 11.4 Å². The van der Waals surface area contributed by atoms with Crippen molar-refractivity contribution in [3.8, 4) is 0 Å². The molecule has 100 valence electrons. The van der Waals surface area contributed by atoms with Gasteiger partial charge in [0.05, 0.1) is 6.54 Å². The monoisotopic (exact) mass is 277 g/mol. The van der Waals surface area contributed by atoms with Gasteiger partial charge in [-0.05, 0) is 43.0 Å². The van der Waals surface area contributed by atoms with E-state index < -0.39 is 0 Å². The fourth-order valence-corrected chi connectivity index (χ4v) is 2.05. The van der Waals surface area contributed by atoms with Crippen LogP contribution in [0.4, 0.5) is 0 Å². The van der Waals surface area contributed by atoms with Crippen LogP contribution in [0.1, 0.15) is 30.1 Å². The molecule has 0 amide bonds. The second-order valence-corrected chi connectivity index (χ2v) is 5.42. The summed E-state index contributed by atoms with van der Waals surface area (Å²) in [5.41, 5.74) is 1.13. The molecule has 0 saturated heterocycles. The van der Waals surface area contributed by atoms with Gasteiger partial charge >= 0.3 is 0 Å². The normalized spacial score (nSPS) is 14.8. The Kier molecular flexibility index (Phi) is 3.80. The average Bonchev–Trinajstić information content (AvgIpc) is 3.12. The summed E-state index contributed by atoms with van der Waals surface area (Å²) in [6, 6.07) is 7.69. The van der Waals surface area contributed by atoms with Crippen LogP contribution in [0.25, 0.3) is 0 Å². The molecular formula is C14H16ClN3O. The van der Waals surface area contributed by atoms with E-state index in [2.05, 4.69) is 15.5 Å². The van der Waals surface area contributed by atoms with Crippen molar-refractivity contribution >= 4 is 11.6 Å². The highest BCUT2D eigenvalue weighted by atomic mass is 35.5. The fourth-order valence-electron chi connectivity index (χ4n) is 1.92. The molecule has 2 aromatic rings. The first-order valence-corrected chi connectivity index (χ1v) is 6.94. The molecule has 1 fully saturated rings. The van der Waals surface area contributed by atoms with Crippen molar-refractivity contribution in [3.63, 3.8) is 0 Å². The summed E-state index contributed by atoms with van der Waals surface area (Å²) in [4.78, 5) is 4.37. The Labute approximate surface area is 117 Å². The zero-order valence-electron chi connectivity index (χ0n) is 10.6. The van der Waals surface area contributed by atoms with Crippen LogP contribution >= 0.6 is 11.6 Å². The van der Waals surface area contributed by atoms with E-state index in [0.29, 0.717) is 24.7 Å². The van der Waals surface area contributed by atoms with Crippen LogP contribution in [-0.4, -0.2) is 16.7 Å². The van der Waals surface area contributed by atoms with E-state index in [0.717, 1.165) is 23.0 Å². The largest absolute Gasteiger partial charge is 0.338 e. The van der Waals surface area contributed by atoms with Crippen molar-refractivity contribution in [1.29, 1.82) is 0 Å². The molecule has 1 N–H and O–H groups in total. The van der Waals surface area contributed by atoms with Gasteiger partial charge in [-0.2, -0.15) is 4.98 Å². The molecule has 0 radical (unpaired) electrons. The lowest BCUT2D eigenvalue weighted by Crippen LogP contribution is -2.16. The topological polar surface area (TPSA) is 51.0 Å². The molecule has 0 bridgehead atoms. The molecule has 1 aromatic carbocycles. The maximum absolute atomic E-state index is 5.85. The van der Waals surface area contributed by atoms with Gasteiger partial charge in [0.1, 0.15) is 0 Å². The molecule has 19 heavy (non-hydrogen) atoms. The fraction of sp³-hybridized carbons (Fsp3) is 0.429. The lowest BCUT2D eigenvalue weighted by atomic mass is 10.1. The summed E-state index contributed by atoms with van der Waals surface area (Å²) in [6.45, 7) is 1.71. The number of hydrogen-bond acceptors (Lipinski definition) is 4. The summed E-state index contributed by atoms with van der Waals surface area (Å²) in [7, 11) is 0. The number of rotatable bonds is 6. The Balaban J connectivity index is 1.53. The zero-order valence-corrected chi connectivity index (χ0v) is 11.4. The first kappa shape index (κ1) is 12.6. The molecule has 0 spiro atoms. The minimum Gasteiger partial charge on any atom is -0.338 e. The summed E-state index contributed by atoms with van der Waals surface area (Å²) >= 11 is 5.85. The Hall–Kier alpha value is -1.39.